The number of nitro groups is 1. The van der Waals surface area contributed by atoms with Crippen LogP contribution in [-0.4, -0.2) is 50.8 Å². The maximum atomic E-state index is 13.0. The number of amides is 1. The first-order chi connectivity index (χ1) is 15.3. The van der Waals surface area contributed by atoms with Gasteiger partial charge in [0.2, 0.25) is 5.13 Å². The van der Waals surface area contributed by atoms with Crippen LogP contribution in [0.1, 0.15) is 34.2 Å². The zero-order valence-corrected chi connectivity index (χ0v) is 19.3. The van der Waals surface area contributed by atoms with Gasteiger partial charge in [0, 0.05) is 55.3 Å². The molecule has 1 aliphatic rings. The van der Waals surface area contributed by atoms with Gasteiger partial charge in [-0.2, -0.15) is 4.37 Å². The molecule has 0 spiro atoms. The van der Waals surface area contributed by atoms with Crippen molar-refractivity contribution in [1.29, 1.82) is 0 Å². The van der Waals surface area contributed by atoms with Crippen LogP contribution >= 0.6 is 23.1 Å². The van der Waals surface area contributed by atoms with E-state index in [1.54, 1.807) is 4.90 Å². The lowest BCUT2D eigenvalue weighted by atomic mass is 10.1. The molecular formula is C22H22ClN5O3S. The van der Waals surface area contributed by atoms with E-state index in [0.717, 1.165) is 11.0 Å². The highest BCUT2D eigenvalue weighted by Crippen LogP contribution is 2.27. The number of halogens is 1. The van der Waals surface area contributed by atoms with Gasteiger partial charge in [0.15, 0.2) is 0 Å². The summed E-state index contributed by atoms with van der Waals surface area (Å²) in [5.74, 6) is 0.544. The van der Waals surface area contributed by atoms with Gasteiger partial charge in [0.1, 0.15) is 10.8 Å². The minimum atomic E-state index is -0.579. The van der Waals surface area contributed by atoms with Gasteiger partial charge in [-0.1, -0.05) is 41.4 Å². The average Bonchev–Trinajstić information content (AvgIpc) is 3.23. The molecular weight excluding hydrogens is 450 g/mol. The number of piperazine rings is 1. The van der Waals surface area contributed by atoms with Crippen molar-refractivity contribution in [1.82, 2.24) is 14.3 Å². The molecule has 1 atom stereocenters. The summed E-state index contributed by atoms with van der Waals surface area (Å²) in [4.78, 5) is 32.1. The number of anilines is 1. The first-order valence-electron chi connectivity index (χ1n) is 10.2. The molecule has 1 amide bonds. The number of rotatable bonds is 5. The number of hydrogen-bond acceptors (Lipinski definition) is 7. The van der Waals surface area contributed by atoms with E-state index in [-0.39, 0.29) is 28.2 Å². The molecule has 10 heteroatoms. The van der Waals surface area contributed by atoms with Gasteiger partial charge in [-0.3, -0.25) is 14.9 Å². The maximum Gasteiger partial charge on any atom is 0.288 e. The summed E-state index contributed by atoms with van der Waals surface area (Å²) in [5.41, 5.74) is 2.38. The fourth-order valence-electron chi connectivity index (χ4n) is 3.72. The number of nitro benzene ring substituents is 1. The zero-order valence-electron chi connectivity index (χ0n) is 17.7. The average molecular weight is 472 g/mol. The number of carbonyl (C=O) groups excluding carboxylic acids is 1. The molecule has 3 aromatic rings. The number of benzene rings is 2. The van der Waals surface area contributed by atoms with Crippen LogP contribution < -0.4 is 4.90 Å². The minimum Gasteiger partial charge on any atom is -0.343 e. The topological polar surface area (TPSA) is 92.5 Å². The van der Waals surface area contributed by atoms with E-state index in [1.807, 2.05) is 6.92 Å². The Labute approximate surface area is 194 Å². The van der Waals surface area contributed by atoms with Gasteiger partial charge in [-0.15, -0.1) is 0 Å². The lowest BCUT2D eigenvalue weighted by Crippen LogP contribution is -2.54. The number of aryl methyl sites for hydroxylation is 1. The Kier molecular flexibility index (Phi) is 6.38. The monoisotopic (exact) mass is 471 g/mol. The van der Waals surface area contributed by atoms with Crippen molar-refractivity contribution in [2.75, 3.05) is 24.5 Å². The van der Waals surface area contributed by atoms with Crippen molar-refractivity contribution in [3.63, 3.8) is 0 Å². The van der Waals surface area contributed by atoms with Crippen LogP contribution in [0.15, 0.2) is 42.5 Å². The van der Waals surface area contributed by atoms with Crippen molar-refractivity contribution in [2.45, 2.75) is 26.3 Å². The third-order valence-corrected chi connectivity index (χ3v) is 6.62. The second-order valence-corrected chi connectivity index (χ2v) is 9.01. The highest BCUT2D eigenvalue weighted by Gasteiger charge is 2.30. The van der Waals surface area contributed by atoms with Crippen LogP contribution in [0.2, 0.25) is 5.02 Å². The zero-order chi connectivity index (χ0) is 22.8. The number of aromatic nitrogens is 2. The van der Waals surface area contributed by atoms with E-state index in [4.69, 9.17) is 16.6 Å². The Bertz CT molecular complexity index is 1150. The molecule has 0 radical (unpaired) electrons. The number of carbonyl (C=O) groups is 1. The smallest absolute Gasteiger partial charge is 0.288 e. The molecule has 0 saturated carbocycles. The first-order valence-corrected chi connectivity index (χ1v) is 11.3. The fraction of sp³-hybridized carbons (Fsp3) is 0.318. The molecule has 2 heterocycles. The SMILES string of the molecule is Cc1ccc(Cc2nsc(N3CCN(C(=O)c4ccc(Cl)c([N+](=O)[O-])c4)C(C)C3)n2)cc1. The molecule has 0 aliphatic carbocycles. The van der Waals surface area contributed by atoms with E-state index < -0.39 is 4.92 Å². The highest BCUT2D eigenvalue weighted by atomic mass is 35.5. The summed E-state index contributed by atoms with van der Waals surface area (Å²) >= 11 is 7.24. The van der Waals surface area contributed by atoms with Crippen molar-refractivity contribution < 1.29 is 9.72 Å². The summed E-state index contributed by atoms with van der Waals surface area (Å²) in [6.07, 6.45) is 0.681. The normalized spacial score (nSPS) is 16.3. The van der Waals surface area contributed by atoms with Crippen LogP contribution in [0.25, 0.3) is 0 Å². The standard InChI is InChI=1S/C22H22ClN5O3S/c1-14-3-5-16(6-4-14)11-20-24-22(32-25-20)26-9-10-27(15(2)13-26)21(29)17-7-8-18(23)19(12-17)28(30)31/h3-8,12,15H,9-11,13H2,1-2H3. The summed E-state index contributed by atoms with van der Waals surface area (Å²) in [6, 6.07) is 12.4. The molecule has 1 fully saturated rings. The summed E-state index contributed by atoms with van der Waals surface area (Å²) < 4.78 is 4.50. The molecule has 1 unspecified atom stereocenters. The lowest BCUT2D eigenvalue weighted by Gasteiger charge is -2.39. The molecule has 1 aromatic heterocycles. The van der Waals surface area contributed by atoms with Crippen LogP contribution in [0.4, 0.5) is 10.8 Å². The molecule has 166 valence electrons. The van der Waals surface area contributed by atoms with Crippen molar-refractivity contribution in [3.05, 3.63) is 80.1 Å². The summed E-state index contributed by atoms with van der Waals surface area (Å²) in [7, 11) is 0. The fourth-order valence-corrected chi connectivity index (χ4v) is 4.62. The van der Waals surface area contributed by atoms with E-state index in [0.29, 0.717) is 26.1 Å². The number of nitrogens with zero attached hydrogens (tertiary/aromatic N) is 5. The van der Waals surface area contributed by atoms with Crippen LogP contribution in [0.3, 0.4) is 0 Å². The Morgan fingerprint density at radius 2 is 2.00 bits per heavy atom. The predicted molar refractivity (Wildman–Crippen MR) is 125 cm³/mol. The second-order valence-electron chi connectivity index (χ2n) is 7.87. The molecule has 1 saturated heterocycles. The minimum absolute atomic E-state index is 0.0159. The molecule has 8 nitrogen and oxygen atoms in total. The van der Waals surface area contributed by atoms with Crippen LogP contribution in [-0.2, 0) is 6.42 Å². The van der Waals surface area contributed by atoms with Crippen LogP contribution in [0, 0.1) is 17.0 Å². The molecule has 1 aliphatic heterocycles. The Balaban J connectivity index is 1.42. The van der Waals surface area contributed by atoms with Crippen molar-refractivity contribution in [2.24, 2.45) is 0 Å². The Hall–Kier alpha value is -3.04. The second kappa shape index (κ2) is 9.22. The molecule has 4 rings (SSSR count). The maximum absolute atomic E-state index is 13.0. The van der Waals surface area contributed by atoms with Gasteiger partial charge in [0.05, 0.1) is 4.92 Å². The van der Waals surface area contributed by atoms with E-state index >= 15 is 0 Å². The van der Waals surface area contributed by atoms with Gasteiger partial charge >= 0.3 is 0 Å². The predicted octanol–water partition coefficient (Wildman–Crippen LogP) is 4.35. The number of hydrogen-bond donors (Lipinski definition) is 0. The Morgan fingerprint density at radius 3 is 2.69 bits per heavy atom. The summed E-state index contributed by atoms with van der Waals surface area (Å²) in [5, 5.41) is 12.0. The lowest BCUT2D eigenvalue weighted by molar-refractivity contribution is -0.384. The first kappa shape index (κ1) is 22.2. The van der Waals surface area contributed by atoms with Gasteiger partial charge in [-0.05, 0) is 31.5 Å². The van der Waals surface area contributed by atoms with E-state index in [2.05, 4.69) is 40.5 Å². The van der Waals surface area contributed by atoms with Gasteiger partial charge < -0.3 is 9.80 Å². The van der Waals surface area contributed by atoms with E-state index in [1.165, 1.54) is 40.9 Å². The largest absolute Gasteiger partial charge is 0.343 e. The third kappa shape index (κ3) is 4.73. The highest BCUT2D eigenvalue weighted by molar-refractivity contribution is 7.09. The van der Waals surface area contributed by atoms with E-state index in [9.17, 15) is 14.9 Å². The molecule has 0 bridgehead atoms. The molecule has 0 N–H and O–H groups in total. The molecule has 2 aromatic carbocycles. The van der Waals surface area contributed by atoms with Crippen LogP contribution in [0.5, 0.6) is 0 Å². The quantitative estimate of drug-likeness (QED) is 0.405. The van der Waals surface area contributed by atoms with Crippen molar-refractivity contribution in [3.8, 4) is 0 Å². The Morgan fingerprint density at radius 1 is 1.25 bits per heavy atom. The third-order valence-electron chi connectivity index (χ3n) is 5.49. The van der Waals surface area contributed by atoms with Crippen molar-refractivity contribution >= 4 is 39.9 Å². The van der Waals surface area contributed by atoms with Gasteiger partial charge in [-0.25, -0.2) is 4.98 Å². The van der Waals surface area contributed by atoms with Gasteiger partial charge in [0.25, 0.3) is 11.6 Å². The molecule has 32 heavy (non-hydrogen) atoms. The summed E-state index contributed by atoms with van der Waals surface area (Å²) in [6.45, 7) is 5.74.